The van der Waals surface area contributed by atoms with Crippen LogP contribution in [0.2, 0.25) is 0 Å². The van der Waals surface area contributed by atoms with Gasteiger partial charge in [0.1, 0.15) is 23.1 Å². The molecule has 49 heavy (non-hydrogen) atoms. The number of rotatable bonds is 8. The van der Waals surface area contributed by atoms with Crippen molar-refractivity contribution in [1.82, 2.24) is 19.3 Å². The molecular formula is C39H39F2N5O3. The van der Waals surface area contributed by atoms with Crippen molar-refractivity contribution in [3.63, 3.8) is 0 Å². The van der Waals surface area contributed by atoms with E-state index < -0.39 is 29.0 Å². The van der Waals surface area contributed by atoms with Crippen LogP contribution < -0.4 is 10.6 Å². The summed E-state index contributed by atoms with van der Waals surface area (Å²) in [7, 11) is 3.72. The predicted molar refractivity (Wildman–Crippen MR) is 188 cm³/mol. The minimum absolute atomic E-state index is 0.162. The van der Waals surface area contributed by atoms with Crippen LogP contribution in [0.25, 0.3) is 33.3 Å². The quantitative estimate of drug-likeness (QED) is 0.135. The van der Waals surface area contributed by atoms with Crippen molar-refractivity contribution in [3.05, 3.63) is 107 Å². The van der Waals surface area contributed by atoms with Crippen molar-refractivity contribution in [1.29, 1.82) is 0 Å². The maximum Gasteiger partial charge on any atom is 0.248 e. The number of benzene rings is 2. The number of ketones is 1. The highest BCUT2D eigenvalue weighted by molar-refractivity contribution is 6.11. The first-order valence-corrected chi connectivity index (χ1v) is 16.6. The molecule has 1 fully saturated rings. The van der Waals surface area contributed by atoms with Gasteiger partial charge in [-0.15, -0.1) is 0 Å². The molecule has 10 heteroatoms. The number of halogens is 2. The van der Waals surface area contributed by atoms with Gasteiger partial charge in [0, 0.05) is 55.7 Å². The van der Waals surface area contributed by atoms with Gasteiger partial charge in [-0.05, 0) is 98.5 Å². The Kier molecular flexibility index (Phi) is 8.54. The highest BCUT2D eigenvalue weighted by Crippen LogP contribution is 2.44. The molecule has 8 nitrogen and oxygen atoms in total. The lowest BCUT2D eigenvalue weighted by Crippen LogP contribution is -2.35. The average Bonchev–Trinajstić information content (AvgIpc) is 3.55. The molecule has 2 aromatic carbocycles. The molecule has 0 bridgehead atoms. The highest BCUT2D eigenvalue weighted by Gasteiger charge is 2.29. The van der Waals surface area contributed by atoms with Gasteiger partial charge < -0.3 is 24.3 Å². The summed E-state index contributed by atoms with van der Waals surface area (Å²) in [6, 6.07) is 10.1. The van der Waals surface area contributed by atoms with E-state index in [4.69, 9.17) is 9.72 Å². The van der Waals surface area contributed by atoms with Gasteiger partial charge in [0.15, 0.2) is 0 Å². The van der Waals surface area contributed by atoms with E-state index in [1.807, 2.05) is 26.1 Å². The van der Waals surface area contributed by atoms with Crippen LogP contribution in [0.5, 0.6) is 0 Å². The molecule has 0 atom stereocenters. The van der Waals surface area contributed by atoms with E-state index >= 15 is 8.78 Å². The molecule has 1 saturated carbocycles. The zero-order valence-electron chi connectivity index (χ0n) is 28.1. The normalized spacial score (nSPS) is 17.6. The Morgan fingerprint density at radius 2 is 1.82 bits per heavy atom. The number of hydrogen-bond acceptors (Lipinski definition) is 5. The maximum absolute atomic E-state index is 15.3. The number of nitrogens with one attached hydrogen (secondary N) is 2. The smallest absolute Gasteiger partial charge is 0.248 e. The lowest BCUT2D eigenvalue weighted by atomic mass is 9.91. The van der Waals surface area contributed by atoms with E-state index in [0.29, 0.717) is 25.1 Å². The third-order valence-electron chi connectivity index (χ3n) is 10.1. The second kappa shape index (κ2) is 12.8. The number of hydrogen-bond donors (Lipinski definition) is 2. The SMILES string of the molecule is C=C1Cc2cc(C(=O)c3cc(F)c(NC(=O)/C=C/CNC4CCC(OC)CC4)c(F)c3)n3cccc(c23)-c2c(C)cc3c(nc(C)n3C)c21. The fraction of sp³-hybridized carbons (Fsp3) is 0.308. The predicted octanol–water partition coefficient (Wildman–Crippen LogP) is 7.23. The lowest BCUT2D eigenvalue weighted by Gasteiger charge is -2.27. The highest BCUT2D eigenvalue weighted by atomic mass is 19.1. The molecule has 2 aliphatic rings. The van der Waals surface area contributed by atoms with Crippen LogP contribution in [0.15, 0.2) is 61.3 Å². The summed E-state index contributed by atoms with van der Waals surface area (Å²) < 4.78 is 39.8. The molecule has 0 unspecified atom stereocenters. The van der Waals surface area contributed by atoms with Crippen molar-refractivity contribution in [3.8, 4) is 11.1 Å². The number of carbonyl (C=O) groups is 2. The fourth-order valence-corrected chi connectivity index (χ4v) is 7.47. The first kappa shape index (κ1) is 32.6. The van der Waals surface area contributed by atoms with Crippen LogP contribution in [0.1, 0.15) is 64.2 Å². The van der Waals surface area contributed by atoms with Gasteiger partial charge in [-0.2, -0.15) is 0 Å². The number of imidazole rings is 1. The van der Waals surface area contributed by atoms with E-state index in [0.717, 1.165) is 93.6 Å². The topological polar surface area (TPSA) is 89.7 Å². The Labute approximate surface area is 283 Å². The van der Waals surface area contributed by atoms with E-state index in [2.05, 4.69) is 34.8 Å². The average molecular weight is 664 g/mol. The number of methoxy groups -OCH3 is 1. The molecular weight excluding hydrogens is 624 g/mol. The van der Waals surface area contributed by atoms with Crippen LogP contribution in [0, 0.1) is 25.5 Å². The number of aryl methyl sites for hydroxylation is 3. The Morgan fingerprint density at radius 1 is 1.08 bits per heavy atom. The third kappa shape index (κ3) is 5.78. The van der Waals surface area contributed by atoms with Crippen molar-refractivity contribution in [2.24, 2.45) is 7.05 Å². The molecule has 0 aliphatic heterocycles. The summed E-state index contributed by atoms with van der Waals surface area (Å²) in [6.07, 6.45) is 9.36. The van der Waals surface area contributed by atoms with Crippen LogP contribution in [-0.2, 0) is 23.0 Å². The van der Waals surface area contributed by atoms with Crippen molar-refractivity contribution in [2.75, 3.05) is 19.0 Å². The first-order valence-electron chi connectivity index (χ1n) is 16.6. The van der Waals surface area contributed by atoms with Gasteiger partial charge >= 0.3 is 0 Å². The summed E-state index contributed by atoms with van der Waals surface area (Å²) in [5.74, 6) is -2.38. The molecule has 2 N–H and O–H groups in total. The van der Waals surface area contributed by atoms with Crippen LogP contribution in [0.3, 0.4) is 0 Å². The third-order valence-corrected chi connectivity index (χ3v) is 10.1. The molecule has 0 saturated heterocycles. The van der Waals surface area contributed by atoms with Crippen molar-refractivity contribution < 1.29 is 23.1 Å². The fourth-order valence-electron chi connectivity index (χ4n) is 7.47. The minimum Gasteiger partial charge on any atom is -0.381 e. The van der Waals surface area contributed by atoms with Gasteiger partial charge in [0.2, 0.25) is 11.7 Å². The minimum atomic E-state index is -1.03. The molecule has 7 rings (SSSR count). The van der Waals surface area contributed by atoms with Crippen molar-refractivity contribution >= 4 is 39.5 Å². The number of amides is 1. The van der Waals surface area contributed by atoms with Crippen LogP contribution in [0.4, 0.5) is 14.5 Å². The zero-order valence-corrected chi connectivity index (χ0v) is 28.1. The Balaban J connectivity index is 1.14. The summed E-state index contributed by atoms with van der Waals surface area (Å²) in [5, 5.41) is 5.66. The molecule has 3 aromatic heterocycles. The molecule has 3 heterocycles. The molecule has 2 aliphatic carbocycles. The van der Waals surface area contributed by atoms with E-state index in [9.17, 15) is 9.59 Å². The Morgan fingerprint density at radius 3 is 2.53 bits per heavy atom. The monoisotopic (exact) mass is 663 g/mol. The number of fused-ring (bicyclic) bond motifs is 4. The lowest BCUT2D eigenvalue weighted by molar-refractivity contribution is -0.112. The molecule has 0 spiro atoms. The number of anilines is 1. The first-order chi connectivity index (χ1) is 23.5. The van der Waals surface area contributed by atoms with Crippen LogP contribution >= 0.6 is 0 Å². The number of allylic oxidation sites excluding steroid dienone is 1. The number of nitrogens with zero attached hydrogens (tertiary/aromatic N) is 3. The molecule has 5 aromatic rings. The Bertz CT molecular complexity index is 2180. The van der Waals surface area contributed by atoms with E-state index in [1.165, 1.54) is 6.08 Å². The summed E-state index contributed by atoms with van der Waals surface area (Å²) >= 11 is 0. The van der Waals surface area contributed by atoms with Crippen LogP contribution in [-0.4, -0.2) is 51.4 Å². The number of pyridine rings is 1. The number of aromatic nitrogens is 3. The summed E-state index contributed by atoms with van der Waals surface area (Å²) in [6.45, 7) is 8.93. The zero-order chi connectivity index (χ0) is 34.6. The van der Waals surface area contributed by atoms with Gasteiger partial charge in [-0.3, -0.25) is 9.59 Å². The number of carbonyl (C=O) groups excluding carboxylic acids is 2. The van der Waals surface area contributed by atoms with Gasteiger partial charge in [0.05, 0.1) is 28.3 Å². The maximum atomic E-state index is 15.3. The standard InChI is InChI=1S/C39H39F2N5O3/c1-21-16-24-20-32(46-15-7-8-28(38(24)46)34-22(2)17-31-37(35(21)34)43-23(3)45(31)4)39(48)25-18-29(40)36(30(41)19-25)44-33(47)9-6-14-42-26-10-12-27(49-5)13-11-26/h6-9,15,17-20,26-27,42H,1,10-14,16H2,2-5H3,(H,44,47)/b9-6+. The van der Waals surface area contributed by atoms with Crippen molar-refractivity contribution in [2.45, 2.75) is 58.1 Å². The van der Waals surface area contributed by atoms with Gasteiger partial charge in [-0.1, -0.05) is 18.7 Å². The largest absolute Gasteiger partial charge is 0.381 e. The molecule has 0 radical (unpaired) electrons. The van der Waals surface area contributed by atoms with E-state index in [-0.39, 0.29) is 11.3 Å². The van der Waals surface area contributed by atoms with E-state index in [1.54, 1.807) is 29.8 Å². The summed E-state index contributed by atoms with van der Waals surface area (Å²) in [4.78, 5) is 31.3. The summed E-state index contributed by atoms with van der Waals surface area (Å²) in [5.41, 5.74) is 8.02. The Hall–Kier alpha value is -4.93. The molecule has 1 amide bonds. The number of ether oxygens (including phenoxy) is 1. The van der Waals surface area contributed by atoms with Gasteiger partial charge in [-0.25, -0.2) is 13.8 Å². The van der Waals surface area contributed by atoms with Gasteiger partial charge in [0.25, 0.3) is 0 Å². The second-order valence-corrected chi connectivity index (χ2v) is 13.2. The second-order valence-electron chi connectivity index (χ2n) is 13.2. The molecule has 252 valence electrons.